The number of carbonyl (C=O) groups excluding carboxylic acids is 2. The quantitative estimate of drug-likeness (QED) is 0.756. The summed E-state index contributed by atoms with van der Waals surface area (Å²) in [5.74, 6) is -0.120. The van der Waals surface area contributed by atoms with Crippen molar-refractivity contribution in [3.8, 4) is 0 Å². The third kappa shape index (κ3) is 4.30. The molecule has 0 aliphatic rings. The van der Waals surface area contributed by atoms with Crippen LogP contribution in [0.15, 0.2) is 60.7 Å². The minimum absolute atomic E-state index is 0.137. The van der Waals surface area contributed by atoms with Gasteiger partial charge in [0.2, 0.25) is 5.95 Å². The molecule has 0 saturated heterocycles. The van der Waals surface area contributed by atoms with Crippen LogP contribution >= 0.6 is 0 Å². The molecule has 0 spiro atoms. The van der Waals surface area contributed by atoms with Crippen LogP contribution in [0, 0.1) is 13.8 Å². The average molecular weight is 346 g/mol. The summed E-state index contributed by atoms with van der Waals surface area (Å²) in [7, 11) is 0. The first-order valence-corrected chi connectivity index (χ1v) is 8.11. The van der Waals surface area contributed by atoms with E-state index in [0.29, 0.717) is 22.6 Å². The summed E-state index contributed by atoms with van der Waals surface area (Å²) in [4.78, 5) is 33.0. The van der Waals surface area contributed by atoms with Crippen molar-refractivity contribution in [3.63, 3.8) is 0 Å². The Bertz CT molecular complexity index is 955. The molecule has 2 aromatic carbocycles. The molecule has 0 aliphatic carbocycles. The molecule has 3 aromatic rings. The number of hydrogen-bond donors (Lipinski definition) is 2. The first-order chi connectivity index (χ1) is 12.5. The minimum atomic E-state index is -0.313. The van der Waals surface area contributed by atoms with Crippen LogP contribution in [-0.2, 0) is 0 Å². The second-order valence-electron chi connectivity index (χ2n) is 5.86. The van der Waals surface area contributed by atoms with Crippen LogP contribution in [0.1, 0.15) is 32.0 Å². The van der Waals surface area contributed by atoms with E-state index in [4.69, 9.17) is 0 Å². The van der Waals surface area contributed by atoms with Crippen molar-refractivity contribution in [2.24, 2.45) is 0 Å². The van der Waals surface area contributed by atoms with Gasteiger partial charge in [-0.3, -0.25) is 14.9 Å². The lowest BCUT2D eigenvalue weighted by atomic mass is 10.1. The van der Waals surface area contributed by atoms with Crippen LogP contribution in [0.2, 0.25) is 0 Å². The zero-order valence-corrected chi connectivity index (χ0v) is 14.5. The average Bonchev–Trinajstić information content (AvgIpc) is 2.62. The SMILES string of the molecule is Cc1cccc(C(=O)Nc2cc(C)nc(NC(=O)c3ccccc3)n2)c1. The van der Waals surface area contributed by atoms with Gasteiger partial charge >= 0.3 is 0 Å². The molecule has 0 fully saturated rings. The zero-order valence-electron chi connectivity index (χ0n) is 14.5. The van der Waals surface area contributed by atoms with Gasteiger partial charge in [-0.2, -0.15) is 4.98 Å². The Hall–Kier alpha value is -3.54. The third-order valence-electron chi connectivity index (χ3n) is 3.64. The van der Waals surface area contributed by atoms with Gasteiger partial charge in [0.1, 0.15) is 5.82 Å². The summed E-state index contributed by atoms with van der Waals surface area (Å²) >= 11 is 0. The van der Waals surface area contributed by atoms with Gasteiger partial charge in [-0.15, -0.1) is 0 Å². The van der Waals surface area contributed by atoms with Crippen molar-refractivity contribution in [1.82, 2.24) is 9.97 Å². The molecule has 6 nitrogen and oxygen atoms in total. The molecule has 0 atom stereocenters. The fourth-order valence-corrected chi connectivity index (χ4v) is 2.43. The Morgan fingerprint density at radius 2 is 1.46 bits per heavy atom. The van der Waals surface area contributed by atoms with Crippen molar-refractivity contribution in [2.45, 2.75) is 13.8 Å². The van der Waals surface area contributed by atoms with Gasteiger partial charge in [-0.25, -0.2) is 4.98 Å². The van der Waals surface area contributed by atoms with Gasteiger partial charge in [-0.1, -0.05) is 35.9 Å². The first-order valence-electron chi connectivity index (χ1n) is 8.11. The van der Waals surface area contributed by atoms with E-state index in [1.54, 1.807) is 49.4 Å². The van der Waals surface area contributed by atoms with Crippen LogP contribution in [0.4, 0.5) is 11.8 Å². The van der Waals surface area contributed by atoms with Gasteiger partial charge in [-0.05, 0) is 38.1 Å². The van der Waals surface area contributed by atoms with Crippen LogP contribution in [0.5, 0.6) is 0 Å². The number of rotatable bonds is 4. The van der Waals surface area contributed by atoms with E-state index in [1.807, 2.05) is 25.1 Å². The maximum absolute atomic E-state index is 12.4. The van der Waals surface area contributed by atoms with E-state index in [-0.39, 0.29) is 17.8 Å². The largest absolute Gasteiger partial charge is 0.306 e. The second kappa shape index (κ2) is 7.57. The summed E-state index contributed by atoms with van der Waals surface area (Å²) < 4.78 is 0. The van der Waals surface area contributed by atoms with E-state index in [2.05, 4.69) is 20.6 Å². The number of nitrogens with one attached hydrogen (secondary N) is 2. The molecule has 6 heteroatoms. The van der Waals surface area contributed by atoms with Crippen LogP contribution in [0.25, 0.3) is 0 Å². The lowest BCUT2D eigenvalue weighted by Gasteiger charge is -2.09. The van der Waals surface area contributed by atoms with Crippen molar-refractivity contribution in [3.05, 3.63) is 83.0 Å². The number of aryl methyl sites for hydroxylation is 2. The van der Waals surface area contributed by atoms with E-state index in [9.17, 15) is 9.59 Å². The molecule has 130 valence electrons. The van der Waals surface area contributed by atoms with Crippen LogP contribution in [0.3, 0.4) is 0 Å². The number of nitrogens with zero attached hydrogens (tertiary/aromatic N) is 2. The summed E-state index contributed by atoms with van der Waals surface area (Å²) in [5, 5.41) is 5.39. The first kappa shape index (κ1) is 17.3. The van der Waals surface area contributed by atoms with Gasteiger partial charge in [0.15, 0.2) is 0 Å². The molecular weight excluding hydrogens is 328 g/mol. The molecule has 3 rings (SSSR count). The van der Waals surface area contributed by atoms with Crippen molar-refractivity contribution in [2.75, 3.05) is 10.6 Å². The molecule has 0 unspecified atom stereocenters. The third-order valence-corrected chi connectivity index (χ3v) is 3.64. The maximum Gasteiger partial charge on any atom is 0.258 e. The topological polar surface area (TPSA) is 84.0 Å². The highest BCUT2D eigenvalue weighted by Gasteiger charge is 2.11. The number of benzene rings is 2. The molecule has 1 aromatic heterocycles. The molecule has 0 bridgehead atoms. The standard InChI is InChI=1S/C20H18N4O2/c1-13-7-6-10-16(11-13)19(26)22-17-12-14(2)21-20(23-17)24-18(25)15-8-4-3-5-9-15/h3-12H,1-2H3,(H2,21,22,23,24,25,26). The van der Waals surface area contributed by atoms with Gasteiger partial charge in [0.05, 0.1) is 0 Å². The monoisotopic (exact) mass is 346 g/mol. The molecule has 2 N–H and O–H groups in total. The smallest absolute Gasteiger partial charge is 0.258 e. The van der Waals surface area contributed by atoms with Crippen molar-refractivity contribution < 1.29 is 9.59 Å². The summed E-state index contributed by atoms with van der Waals surface area (Å²) in [6.45, 7) is 3.69. The van der Waals surface area contributed by atoms with Gasteiger partial charge in [0, 0.05) is 22.9 Å². The minimum Gasteiger partial charge on any atom is -0.306 e. The molecular formula is C20H18N4O2. The summed E-state index contributed by atoms with van der Waals surface area (Å²) in [6, 6.07) is 17.7. The lowest BCUT2D eigenvalue weighted by Crippen LogP contribution is -2.17. The molecule has 0 radical (unpaired) electrons. The predicted molar refractivity (Wildman–Crippen MR) is 100 cm³/mol. The zero-order chi connectivity index (χ0) is 18.5. The van der Waals surface area contributed by atoms with Crippen LogP contribution < -0.4 is 10.6 Å². The fourth-order valence-electron chi connectivity index (χ4n) is 2.43. The molecule has 2 amide bonds. The van der Waals surface area contributed by atoms with E-state index >= 15 is 0 Å². The number of amides is 2. The van der Waals surface area contributed by atoms with Gasteiger partial charge in [0.25, 0.3) is 11.8 Å². The summed E-state index contributed by atoms with van der Waals surface area (Å²) in [6.07, 6.45) is 0. The number of carbonyl (C=O) groups is 2. The summed E-state index contributed by atoms with van der Waals surface area (Å²) in [5.41, 5.74) is 2.66. The predicted octanol–water partition coefficient (Wildman–Crippen LogP) is 3.60. The molecule has 1 heterocycles. The van der Waals surface area contributed by atoms with Crippen molar-refractivity contribution >= 4 is 23.6 Å². The Labute approximate surface area is 151 Å². The highest BCUT2D eigenvalue weighted by atomic mass is 16.2. The van der Waals surface area contributed by atoms with Crippen LogP contribution in [-0.4, -0.2) is 21.8 Å². The molecule has 0 aliphatic heterocycles. The molecule has 26 heavy (non-hydrogen) atoms. The Morgan fingerprint density at radius 3 is 2.19 bits per heavy atom. The highest BCUT2D eigenvalue weighted by molar-refractivity contribution is 6.05. The Morgan fingerprint density at radius 1 is 0.769 bits per heavy atom. The number of hydrogen-bond acceptors (Lipinski definition) is 4. The lowest BCUT2D eigenvalue weighted by molar-refractivity contribution is 0.101. The Balaban J connectivity index is 1.77. The number of anilines is 2. The van der Waals surface area contributed by atoms with Gasteiger partial charge < -0.3 is 5.32 Å². The highest BCUT2D eigenvalue weighted by Crippen LogP contribution is 2.13. The normalized spacial score (nSPS) is 10.2. The Kier molecular flexibility index (Phi) is 5.03. The fraction of sp³-hybridized carbons (Fsp3) is 0.100. The van der Waals surface area contributed by atoms with Crippen molar-refractivity contribution in [1.29, 1.82) is 0 Å². The van der Waals surface area contributed by atoms with E-state index in [0.717, 1.165) is 5.56 Å². The molecule has 0 saturated carbocycles. The van der Waals surface area contributed by atoms with E-state index in [1.165, 1.54) is 0 Å². The second-order valence-corrected chi connectivity index (χ2v) is 5.86. The number of aromatic nitrogens is 2. The maximum atomic E-state index is 12.4. The van der Waals surface area contributed by atoms with E-state index < -0.39 is 0 Å².